The van der Waals surface area contributed by atoms with Crippen molar-refractivity contribution in [3.63, 3.8) is 0 Å². The van der Waals surface area contributed by atoms with Crippen LogP contribution in [0.4, 0.5) is 0 Å². The van der Waals surface area contributed by atoms with E-state index in [1.54, 1.807) is 13.0 Å². The molecule has 1 atom stereocenters. The third-order valence-corrected chi connectivity index (χ3v) is 4.33. The Kier molecular flexibility index (Phi) is 7.82. The van der Waals surface area contributed by atoms with E-state index in [0.717, 1.165) is 16.7 Å². The highest BCUT2D eigenvalue weighted by atomic mass is 16.1. The molecule has 0 saturated carbocycles. The van der Waals surface area contributed by atoms with E-state index in [1.165, 1.54) is 0 Å². The monoisotopic (exact) mass is 334 g/mol. The van der Waals surface area contributed by atoms with E-state index in [4.69, 9.17) is 0 Å². The number of hydrogen-bond donors (Lipinski definition) is 0. The van der Waals surface area contributed by atoms with Gasteiger partial charge < -0.3 is 4.79 Å². The van der Waals surface area contributed by atoms with E-state index in [2.05, 4.69) is 31.2 Å². The number of Topliss-reactive ketones (excluding diaryl/α,β-unsaturated/α-hetero) is 2. The standard InChI is InChI=1S/C23H26O2/c1-7-17(5)20(12-11-18(6)24)15-23(25)22-14-16(4)10-13-21(22)19(8-2)9-3/h8,10,13-14,20H,1-3,11-12,15H2,4-6H3. The second-order valence-electron chi connectivity index (χ2n) is 6.27. The molecule has 1 unspecified atom stereocenters. The van der Waals surface area contributed by atoms with E-state index in [0.29, 0.717) is 30.4 Å². The van der Waals surface area contributed by atoms with Gasteiger partial charge in [0, 0.05) is 29.5 Å². The third-order valence-electron chi connectivity index (χ3n) is 4.33. The summed E-state index contributed by atoms with van der Waals surface area (Å²) in [5.74, 6) is 0.104. The molecule has 0 bridgehead atoms. The van der Waals surface area contributed by atoms with Crippen LogP contribution in [-0.2, 0) is 4.79 Å². The van der Waals surface area contributed by atoms with Gasteiger partial charge in [0.1, 0.15) is 5.78 Å². The molecule has 1 aromatic rings. The summed E-state index contributed by atoms with van der Waals surface area (Å²) < 4.78 is 0. The molecular formula is C23H26O2. The van der Waals surface area contributed by atoms with Gasteiger partial charge in [-0.3, -0.25) is 4.79 Å². The zero-order valence-corrected chi connectivity index (χ0v) is 15.4. The predicted molar refractivity (Wildman–Crippen MR) is 105 cm³/mol. The Balaban J connectivity index is 3.22. The number of aryl methyl sites for hydroxylation is 1. The molecule has 0 spiro atoms. The van der Waals surface area contributed by atoms with Gasteiger partial charge in [0.25, 0.3) is 0 Å². The quantitative estimate of drug-likeness (QED) is 0.333. The van der Waals surface area contributed by atoms with Gasteiger partial charge in [-0.25, -0.2) is 0 Å². The summed E-state index contributed by atoms with van der Waals surface area (Å²) in [5, 5.41) is 0. The van der Waals surface area contributed by atoms with Crippen LogP contribution in [0.2, 0.25) is 0 Å². The number of carbonyl (C=O) groups excluding carboxylic acids is 2. The Hall–Kier alpha value is -2.66. The molecule has 25 heavy (non-hydrogen) atoms. The highest BCUT2D eigenvalue weighted by Gasteiger charge is 2.20. The molecule has 0 fully saturated rings. The molecule has 0 heterocycles. The molecule has 0 aliphatic heterocycles. The van der Waals surface area contributed by atoms with Crippen molar-refractivity contribution in [2.24, 2.45) is 5.92 Å². The Morgan fingerprint density at radius 1 is 1.16 bits per heavy atom. The maximum atomic E-state index is 13.0. The van der Waals surface area contributed by atoms with Crippen LogP contribution in [0.5, 0.6) is 0 Å². The van der Waals surface area contributed by atoms with Crippen molar-refractivity contribution >= 4 is 17.1 Å². The smallest absolute Gasteiger partial charge is 0.164 e. The minimum atomic E-state index is -0.0397. The maximum Gasteiger partial charge on any atom is 0.164 e. The predicted octanol–water partition coefficient (Wildman–Crippen LogP) is 5.64. The van der Waals surface area contributed by atoms with E-state index in [1.807, 2.05) is 32.0 Å². The molecule has 0 aliphatic carbocycles. The number of ketones is 2. The lowest BCUT2D eigenvalue weighted by atomic mass is 9.86. The van der Waals surface area contributed by atoms with Crippen molar-refractivity contribution in [3.05, 3.63) is 77.7 Å². The number of rotatable bonds is 9. The SMILES string of the molecule is C=C=C(C=C)c1ccc(C)cc1C(=O)CC(CCC(C)=O)C(C)=C=C. The van der Waals surface area contributed by atoms with E-state index in [-0.39, 0.29) is 17.5 Å². The van der Waals surface area contributed by atoms with Crippen LogP contribution in [0.25, 0.3) is 5.57 Å². The van der Waals surface area contributed by atoms with E-state index in [9.17, 15) is 9.59 Å². The Morgan fingerprint density at radius 3 is 2.36 bits per heavy atom. The normalized spacial score (nSPS) is 11.0. The van der Waals surface area contributed by atoms with Gasteiger partial charge in [-0.05, 0) is 44.7 Å². The Morgan fingerprint density at radius 2 is 1.84 bits per heavy atom. The van der Waals surface area contributed by atoms with Crippen molar-refractivity contribution in [2.75, 3.05) is 0 Å². The zero-order valence-electron chi connectivity index (χ0n) is 15.4. The summed E-state index contributed by atoms with van der Waals surface area (Å²) >= 11 is 0. The minimum Gasteiger partial charge on any atom is -0.300 e. The lowest BCUT2D eigenvalue weighted by Gasteiger charge is -2.17. The fraction of sp³-hybridized carbons (Fsp3) is 0.304. The topological polar surface area (TPSA) is 34.1 Å². The number of allylic oxidation sites excluding steroid dienone is 3. The van der Waals surface area contributed by atoms with Crippen LogP contribution in [-0.4, -0.2) is 11.6 Å². The number of benzene rings is 1. The van der Waals surface area contributed by atoms with Crippen LogP contribution < -0.4 is 0 Å². The summed E-state index contributed by atoms with van der Waals surface area (Å²) in [7, 11) is 0. The second kappa shape index (κ2) is 9.59. The molecule has 0 N–H and O–H groups in total. The third kappa shape index (κ3) is 5.72. The molecule has 1 rings (SSSR count). The molecule has 0 aliphatic rings. The summed E-state index contributed by atoms with van der Waals surface area (Å²) in [6.45, 7) is 16.6. The van der Waals surface area contributed by atoms with E-state index >= 15 is 0 Å². The second-order valence-corrected chi connectivity index (χ2v) is 6.27. The summed E-state index contributed by atoms with van der Waals surface area (Å²) in [5.41, 5.74) is 9.76. The molecule has 0 aromatic heterocycles. The molecule has 0 saturated heterocycles. The van der Waals surface area contributed by atoms with Gasteiger partial charge in [-0.1, -0.05) is 43.5 Å². The van der Waals surface area contributed by atoms with Crippen molar-refractivity contribution in [2.45, 2.75) is 40.0 Å². The molecular weight excluding hydrogens is 308 g/mol. The molecule has 0 radical (unpaired) electrons. The Bertz CT molecular complexity index is 782. The van der Waals surface area contributed by atoms with Crippen LogP contribution in [0.3, 0.4) is 0 Å². The average Bonchev–Trinajstić information content (AvgIpc) is 2.59. The summed E-state index contributed by atoms with van der Waals surface area (Å²) in [6.07, 6.45) is 3.04. The van der Waals surface area contributed by atoms with Crippen molar-refractivity contribution < 1.29 is 9.59 Å². The average molecular weight is 334 g/mol. The molecule has 2 heteroatoms. The van der Waals surface area contributed by atoms with Crippen LogP contribution in [0.15, 0.2) is 61.0 Å². The van der Waals surface area contributed by atoms with Crippen molar-refractivity contribution in [3.8, 4) is 0 Å². The minimum absolute atomic E-state index is 0.0245. The first-order chi connectivity index (χ1) is 11.8. The summed E-state index contributed by atoms with van der Waals surface area (Å²) in [6, 6.07) is 5.74. The Labute approximate surface area is 151 Å². The van der Waals surface area contributed by atoms with Gasteiger partial charge in [0.2, 0.25) is 0 Å². The van der Waals surface area contributed by atoms with Crippen LogP contribution >= 0.6 is 0 Å². The van der Waals surface area contributed by atoms with Gasteiger partial charge in [0.15, 0.2) is 5.78 Å². The first kappa shape index (κ1) is 20.4. The highest BCUT2D eigenvalue weighted by molar-refractivity contribution is 6.02. The van der Waals surface area contributed by atoms with E-state index < -0.39 is 0 Å². The van der Waals surface area contributed by atoms with Gasteiger partial charge in [-0.15, -0.1) is 11.5 Å². The molecule has 1 aromatic carbocycles. The van der Waals surface area contributed by atoms with Gasteiger partial charge in [0.05, 0.1) is 0 Å². The van der Waals surface area contributed by atoms with Gasteiger partial charge >= 0.3 is 0 Å². The first-order valence-corrected chi connectivity index (χ1v) is 8.36. The van der Waals surface area contributed by atoms with Gasteiger partial charge in [-0.2, -0.15) is 0 Å². The largest absolute Gasteiger partial charge is 0.300 e. The van der Waals surface area contributed by atoms with Crippen LogP contribution in [0.1, 0.15) is 54.6 Å². The fourth-order valence-corrected chi connectivity index (χ4v) is 2.73. The lowest BCUT2D eigenvalue weighted by Crippen LogP contribution is -2.13. The van der Waals surface area contributed by atoms with Crippen LogP contribution in [0, 0.1) is 12.8 Å². The number of hydrogen-bond acceptors (Lipinski definition) is 2. The molecule has 0 amide bonds. The summed E-state index contributed by atoms with van der Waals surface area (Å²) in [4.78, 5) is 24.3. The van der Waals surface area contributed by atoms with Crippen molar-refractivity contribution in [1.29, 1.82) is 0 Å². The molecule has 130 valence electrons. The zero-order chi connectivity index (χ0) is 19.0. The lowest BCUT2D eigenvalue weighted by molar-refractivity contribution is -0.117. The highest BCUT2D eigenvalue weighted by Crippen LogP contribution is 2.27. The molecule has 2 nitrogen and oxygen atoms in total. The fourth-order valence-electron chi connectivity index (χ4n) is 2.73. The van der Waals surface area contributed by atoms with Crippen molar-refractivity contribution in [1.82, 2.24) is 0 Å². The first-order valence-electron chi connectivity index (χ1n) is 8.36. The number of carbonyl (C=O) groups is 2. The maximum absolute atomic E-state index is 13.0.